The molecule has 1 amide bonds. The molecule has 0 radical (unpaired) electrons. The number of hydrogen-bond acceptors (Lipinski definition) is 4. The molecule has 5 nitrogen and oxygen atoms in total. The van der Waals surface area contributed by atoms with Crippen molar-refractivity contribution >= 4 is 28.1 Å². The Bertz CT molecular complexity index is 990. The van der Waals surface area contributed by atoms with Gasteiger partial charge in [-0.15, -0.1) is 0 Å². The zero-order valence-corrected chi connectivity index (χ0v) is 17.6. The quantitative estimate of drug-likeness (QED) is 0.377. The van der Waals surface area contributed by atoms with Crippen LogP contribution in [-0.4, -0.2) is 18.7 Å². The predicted molar refractivity (Wildman–Crippen MR) is 118 cm³/mol. The molecule has 0 saturated heterocycles. The van der Waals surface area contributed by atoms with Crippen LogP contribution in [0.3, 0.4) is 0 Å². The summed E-state index contributed by atoms with van der Waals surface area (Å²) in [5.74, 6) is 0.931. The number of carbonyl (C=O) groups excluding carboxylic acids is 1. The number of carbonyl (C=O) groups is 1. The van der Waals surface area contributed by atoms with Gasteiger partial charge in [-0.2, -0.15) is 5.10 Å². The summed E-state index contributed by atoms with van der Waals surface area (Å²) in [5.41, 5.74) is 4.83. The molecule has 0 saturated carbocycles. The van der Waals surface area contributed by atoms with Crippen LogP contribution in [0.15, 0.2) is 82.4 Å². The first kappa shape index (κ1) is 20.6. The number of ether oxygens (including phenoxy) is 2. The van der Waals surface area contributed by atoms with Crippen LogP contribution < -0.4 is 14.9 Å². The van der Waals surface area contributed by atoms with E-state index in [1.54, 1.807) is 24.4 Å². The number of nitrogens with one attached hydrogen (secondary N) is 1. The van der Waals surface area contributed by atoms with Crippen molar-refractivity contribution in [2.75, 3.05) is 6.61 Å². The lowest BCUT2D eigenvalue weighted by Crippen LogP contribution is -2.18. The maximum atomic E-state index is 12.5. The van der Waals surface area contributed by atoms with E-state index in [9.17, 15) is 4.79 Å². The first-order valence-corrected chi connectivity index (χ1v) is 9.98. The van der Waals surface area contributed by atoms with Gasteiger partial charge in [0.1, 0.15) is 18.1 Å². The number of halogens is 1. The van der Waals surface area contributed by atoms with Crippen LogP contribution in [0.4, 0.5) is 0 Å². The van der Waals surface area contributed by atoms with Gasteiger partial charge in [0.25, 0.3) is 5.91 Å². The number of nitrogens with zero attached hydrogens (tertiary/aromatic N) is 1. The molecular formula is C23H21BrN2O3. The van der Waals surface area contributed by atoms with Crippen LogP contribution in [0, 0.1) is 0 Å². The van der Waals surface area contributed by atoms with Crippen molar-refractivity contribution in [1.29, 1.82) is 0 Å². The SMILES string of the molecule is CCOc1ccc(/C=N/NC(=O)c2ccccc2OCc2ccccc2)cc1Br. The van der Waals surface area contributed by atoms with Crippen LogP contribution in [0.1, 0.15) is 28.4 Å². The van der Waals surface area contributed by atoms with Gasteiger partial charge in [-0.3, -0.25) is 4.79 Å². The van der Waals surface area contributed by atoms with E-state index >= 15 is 0 Å². The summed E-state index contributed by atoms with van der Waals surface area (Å²) in [7, 11) is 0. The molecule has 0 aliphatic carbocycles. The van der Waals surface area contributed by atoms with Crippen molar-refractivity contribution in [2.24, 2.45) is 5.10 Å². The molecule has 3 aromatic carbocycles. The van der Waals surface area contributed by atoms with E-state index in [1.165, 1.54) is 0 Å². The van der Waals surface area contributed by atoms with Crippen LogP contribution in [0.25, 0.3) is 0 Å². The average molecular weight is 453 g/mol. The van der Waals surface area contributed by atoms with Gasteiger partial charge >= 0.3 is 0 Å². The number of rotatable bonds is 8. The van der Waals surface area contributed by atoms with Gasteiger partial charge in [0.2, 0.25) is 0 Å². The lowest BCUT2D eigenvalue weighted by atomic mass is 10.2. The molecule has 0 bridgehead atoms. The van der Waals surface area contributed by atoms with E-state index in [2.05, 4.69) is 26.5 Å². The number of hydrogen-bond donors (Lipinski definition) is 1. The minimum absolute atomic E-state index is 0.338. The molecule has 0 aliphatic rings. The summed E-state index contributed by atoms with van der Waals surface area (Å²) in [6.45, 7) is 2.90. The average Bonchev–Trinajstić information content (AvgIpc) is 2.75. The Labute approximate surface area is 178 Å². The maximum absolute atomic E-state index is 12.5. The smallest absolute Gasteiger partial charge is 0.275 e. The monoisotopic (exact) mass is 452 g/mol. The number of hydrazone groups is 1. The van der Waals surface area contributed by atoms with Gasteiger partial charge in [0.15, 0.2) is 0 Å². The standard InChI is InChI=1S/C23H21BrN2O3/c1-2-28-22-13-12-18(14-20(22)24)15-25-26-23(27)19-10-6-7-11-21(19)29-16-17-8-4-3-5-9-17/h3-15H,2,16H2,1H3,(H,26,27)/b25-15+. The summed E-state index contributed by atoms with van der Waals surface area (Å²) >= 11 is 3.46. The molecular weight excluding hydrogens is 432 g/mol. The Kier molecular flexibility index (Phi) is 7.41. The summed E-state index contributed by atoms with van der Waals surface area (Å²) in [5, 5.41) is 4.05. The molecule has 0 atom stereocenters. The Hall–Kier alpha value is -3.12. The van der Waals surface area contributed by atoms with E-state index in [1.807, 2.05) is 61.5 Å². The van der Waals surface area contributed by atoms with Crippen LogP contribution >= 0.6 is 15.9 Å². The fourth-order valence-corrected chi connectivity index (χ4v) is 3.12. The third kappa shape index (κ3) is 5.93. The molecule has 1 N–H and O–H groups in total. The molecule has 0 fully saturated rings. The van der Waals surface area contributed by atoms with Crippen molar-refractivity contribution in [1.82, 2.24) is 5.43 Å². The van der Waals surface area contributed by atoms with E-state index in [0.717, 1.165) is 21.3 Å². The highest BCUT2D eigenvalue weighted by atomic mass is 79.9. The van der Waals surface area contributed by atoms with Crippen molar-refractivity contribution < 1.29 is 14.3 Å². The second-order valence-electron chi connectivity index (χ2n) is 6.09. The third-order valence-corrected chi connectivity index (χ3v) is 4.62. The molecule has 29 heavy (non-hydrogen) atoms. The molecule has 0 aliphatic heterocycles. The lowest BCUT2D eigenvalue weighted by Gasteiger charge is -2.10. The van der Waals surface area contributed by atoms with E-state index in [4.69, 9.17) is 9.47 Å². The van der Waals surface area contributed by atoms with Crippen molar-refractivity contribution in [2.45, 2.75) is 13.5 Å². The minimum atomic E-state index is -0.338. The topological polar surface area (TPSA) is 59.9 Å². The van der Waals surface area contributed by atoms with Gasteiger partial charge in [-0.05, 0) is 64.3 Å². The lowest BCUT2D eigenvalue weighted by molar-refractivity contribution is 0.0950. The third-order valence-electron chi connectivity index (χ3n) is 4.00. The Morgan fingerprint density at radius 1 is 1.00 bits per heavy atom. The number of benzene rings is 3. The summed E-state index contributed by atoms with van der Waals surface area (Å²) in [6, 6.07) is 22.5. The Balaban J connectivity index is 1.63. The van der Waals surface area contributed by atoms with Gasteiger partial charge in [0, 0.05) is 0 Å². The molecule has 0 unspecified atom stereocenters. The maximum Gasteiger partial charge on any atom is 0.275 e. The summed E-state index contributed by atoms with van der Waals surface area (Å²) in [4.78, 5) is 12.5. The largest absolute Gasteiger partial charge is 0.493 e. The molecule has 3 aromatic rings. The highest BCUT2D eigenvalue weighted by Crippen LogP contribution is 2.25. The van der Waals surface area contributed by atoms with Gasteiger partial charge < -0.3 is 9.47 Å². The minimum Gasteiger partial charge on any atom is -0.493 e. The van der Waals surface area contributed by atoms with Crippen LogP contribution in [0.5, 0.6) is 11.5 Å². The summed E-state index contributed by atoms with van der Waals surface area (Å²) in [6.07, 6.45) is 1.58. The van der Waals surface area contributed by atoms with E-state index < -0.39 is 0 Å². The summed E-state index contributed by atoms with van der Waals surface area (Å²) < 4.78 is 12.1. The Morgan fingerprint density at radius 3 is 2.52 bits per heavy atom. The molecule has 148 valence electrons. The number of amides is 1. The van der Waals surface area contributed by atoms with Crippen molar-refractivity contribution in [3.63, 3.8) is 0 Å². The normalized spacial score (nSPS) is 10.7. The van der Waals surface area contributed by atoms with Crippen molar-refractivity contribution in [3.05, 3.63) is 94.0 Å². The first-order chi connectivity index (χ1) is 14.2. The zero-order valence-electron chi connectivity index (χ0n) is 16.0. The van der Waals surface area contributed by atoms with Gasteiger partial charge in [-0.1, -0.05) is 42.5 Å². The highest BCUT2D eigenvalue weighted by molar-refractivity contribution is 9.10. The first-order valence-electron chi connectivity index (χ1n) is 9.19. The number of para-hydroxylation sites is 1. The fraction of sp³-hybridized carbons (Fsp3) is 0.130. The highest BCUT2D eigenvalue weighted by Gasteiger charge is 2.11. The molecule has 0 spiro atoms. The van der Waals surface area contributed by atoms with Crippen LogP contribution in [-0.2, 0) is 6.61 Å². The Morgan fingerprint density at radius 2 is 1.76 bits per heavy atom. The zero-order chi connectivity index (χ0) is 20.5. The molecule has 0 aromatic heterocycles. The fourth-order valence-electron chi connectivity index (χ4n) is 2.61. The van der Waals surface area contributed by atoms with E-state index in [0.29, 0.717) is 24.5 Å². The van der Waals surface area contributed by atoms with Crippen LogP contribution in [0.2, 0.25) is 0 Å². The molecule has 6 heteroatoms. The second-order valence-corrected chi connectivity index (χ2v) is 6.95. The van der Waals surface area contributed by atoms with Crippen molar-refractivity contribution in [3.8, 4) is 11.5 Å². The second kappa shape index (κ2) is 10.4. The molecule has 0 heterocycles. The molecule has 3 rings (SSSR count). The predicted octanol–water partition coefficient (Wildman–Crippen LogP) is 5.19. The van der Waals surface area contributed by atoms with Gasteiger partial charge in [0.05, 0.1) is 22.9 Å². The van der Waals surface area contributed by atoms with Gasteiger partial charge in [-0.25, -0.2) is 5.43 Å². The van der Waals surface area contributed by atoms with E-state index in [-0.39, 0.29) is 5.91 Å².